The van der Waals surface area contributed by atoms with Crippen LogP contribution in [0.1, 0.15) is 48.5 Å². The van der Waals surface area contributed by atoms with E-state index in [1.807, 2.05) is 12.3 Å². The van der Waals surface area contributed by atoms with Crippen molar-refractivity contribution in [2.45, 2.75) is 32.6 Å². The molecule has 4 heteroatoms. The molecule has 0 bridgehead atoms. The second-order valence-corrected chi connectivity index (χ2v) is 7.23. The van der Waals surface area contributed by atoms with Crippen LogP contribution in [-0.4, -0.2) is 12.1 Å². The first kappa shape index (κ1) is 18.4. The molecule has 0 spiro atoms. The van der Waals surface area contributed by atoms with Gasteiger partial charge in [-0.25, -0.2) is 5.43 Å². The maximum Gasteiger partial charge on any atom is 0.272 e. The van der Waals surface area contributed by atoms with Gasteiger partial charge in [0.25, 0.3) is 5.91 Å². The minimum absolute atomic E-state index is 0.286. The zero-order valence-electron chi connectivity index (χ0n) is 15.1. The molecule has 0 saturated carbocycles. The van der Waals surface area contributed by atoms with E-state index in [1.165, 1.54) is 16.7 Å². The van der Waals surface area contributed by atoms with Gasteiger partial charge in [0.1, 0.15) is 0 Å². The lowest BCUT2D eigenvalue weighted by Gasteiger charge is -2.30. The Morgan fingerprint density at radius 3 is 2.54 bits per heavy atom. The molecule has 1 aliphatic carbocycles. The molecular formula is C22H23ClN2O. The van der Waals surface area contributed by atoms with Crippen LogP contribution in [0.15, 0.2) is 70.8 Å². The number of carbonyl (C=O) groups is 1. The molecule has 0 heterocycles. The lowest BCUT2D eigenvalue weighted by Crippen LogP contribution is -2.21. The van der Waals surface area contributed by atoms with Gasteiger partial charge in [-0.1, -0.05) is 65.2 Å². The van der Waals surface area contributed by atoms with E-state index >= 15 is 0 Å². The average Bonchev–Trinajstić information content (AvgIpc) is 2.65. The average molecular weight is 367 g/mol. The van der Waals surface area contributed by atoms with Crippen molar-refractivity contribution in [1.82, 2.24) is 5.43 Å². The molecule has 134 valence electrons. The third-order valence-corrected chi connectivity index (χ3v) is 5.40. The highest BCUT2D eigenvalue weighted by Crippen LogP contribution is 2.39. The Bertz CT molecular complexity index is 842. The number of halogens is 1. The number of allylic oxidation sites excluding steroid dienone is 2. The molecule has 2 aromatic rings. The van der Waals surface area contributed by atoms with Crippen LogP contribution in [0.4, 0.5) is 0 Å². The fourth-order valence-corrected chi connectivity index (χ4v) is 3.73. The molecule has 0 fully saturated rings. The van der Waals surface area contributed by atoms with Crippen LogP contribution in [0.3, 0.4) is 0 Å². The van der Waals surface area contributed by atoms with E-state index in [1.54, 1.807) is 24.3 Å². The summed E-state index contributed by atoms with van der Waals surface area (Å²) in [5, 5.41) is 4.62. The maximum atomic E-state index is 12.2. The van der Waals surface area contributed by atoms with Gasteiger partial charge >= 0.3 is 0 Å². The molecule has 3 nitrogen and oxygen atoms in total. The van der Waals surface area contributed by atoms with Gasteiger partial charge in [-0.05, 0) is 44.4 Å². The van der Waals surface area contributed by atoms with Crippen LogP contribution in [-0.2, 0) is 0 Å². The van der Waals surface area contributed by atoms with Gasteiger partial charge in [-0.2, -0.15) is 5.10 Å². The number of hydrogen-bond acceptors (Lipinski definition) is 2. The van der Waals surface area contributed by atoms with Gasteiger partial charge in [-0.3, -0.25) is 4.79 Å². The van der Waals surface area contributed by atoms with E-state index in [4.69, 9.17) is 11.6 Å². The monoisotopic (exact) mass is 366 g/mol. The molecule has 0 aromatic heterocycles. The second kappa shape index (κ2) is 8.33. The number of hydrazone groups is 1. The van der Waals surface area contributed by atoms with Crippen molar-refractivity contribution in [3.05, 3.63) is 81.9 Å². The Hall–Kier alpha value is -2.39. The number of carbonyl (C=O) groups excluding carboxylic acids is 1. The van der Waals surface area contributed by atoms with Gasteiger partial charge in [-0.15, -0.1) is 0 Å². The second-order valence-electron chi connectivity index (χ2n) is 6.83. The standard InChI is InChI=1S/C22H23ClN2O/c1-15-12-17(13-20(16(15)2)18-8-4-3-5-9-18)14-24-25-22(26)19-10-6-7-11-21(19)23/h3-11,14,17,20H,12-13H2,1-2H3,(H,25,26)/b24-14+. The van der Waals surface area contributed by atoms with Crippen molar-refractivity contribution in [3.8, 4) is 0 Å². The lowest BCUT2D eigenvalue weighted by molar-refractivity contribution is 0.0955. The number of amides is 1. The Balaban J connectivity index is 1.68. The van der Waals surface area contributed by atoms with Gasteiger partial charge in [0.15, 0.2) is 0 Å². The zero-order valence-corrected chi connectivity index (χ0v) is 15.8. The normalized spacial score (nSPS) is 20.4. The largest absolute Gasteiger partial charge is 0.272 e. The van der Waals surface area contributed by atoms with Crippen molar-refractivity contribution in [1.29, 1.82) is 0 Å². The van der Waals surface area contributed by atoms with E-state index in [0.717, 1.165) is 12.8 Å². The highest BCUT2D eigenvalue weighted by molar-refractivity contribution is 6.33. The van der Waals surface area contributed by atoms with Crippen LogP contribution < -0.4 is 5.43 Å². The summed E-state index contributed by atoms with van der Waals surface area (Å²) in [6.45, 7) is 4.41. The molecule has 3 rings (SSSR count). The van der Waals surface area contributed by atoms with Crippen molar-refractivity contribution in [2.24, 2.45) is 11.0 Å². The summed E-state index contributed by atoms with van der Waals surface area (Å²) in [6.07, 6.45) is 3.83. The third kappa shape index (κ3) is 4.23. The first-order chi connectivity index (χ1) is 12.6. The Labute approximate surface area is 159 Å². The molecule has 2 aromatic carbocycles. The SMILES string of the molecule is CC1=C(C)C(c2ccccc2)CC(/C=N/NC(=O)c2ccccc2Cl)C1. The third-order valence-electron chi connectivity index (χ3n) is 5.07. The van der Waals surface area contributed by atoms with Crippen LogP contribution in [0.5, 0.6) is 0 Å². The first-order valence-electron chi connectivity index (χ1n) is 8.85. The van der Waals surface area contributed by atoms with E-state index in [0.29, 0.717) is 22.4 Å². The van der Waals surface area contributed by atoms with Gasteiger partial charge in [0, 0.05) is 18.1 Å². The van der Waals surface area contributed by atoms with Crippen molar-refractivity contribution < 1.29 is 4.79 Å². The van der Waals surface area contributed by atoms with E-state index in [9.17, 15) is 4.79 Å². The summed E-state index contributed by atoms with van der Waals surface area (Å²) in [6, 6.07) is 17.5. The topological polar surface area (TPSA) is 41.5 Å². The van der Waals surface area contributed by atoms with E-state index < -0.39 is 0 Å². The quantitative estimate of drug-likeness (QED) is 0.428. The number of hydrogen-bond donors (Lipinski definition) is 1. The van der Waals surface area contributed by atoms with Gasteiger partial charge in [0.2, 0.25) is 0 Å². The number of benzene rings is 2. The molecule has 0 radical (unpaired) electrons. The van der Waals surface area contributed by atoms with Crippen molar-refractivity contribution in [2.75, 3.05) is 0 Å². The molecule has 2 atom stereocenters. The lowest BCUT2D eigenvalue weighted by atomic mass is 9.75. The molecule has 2 unspecified atom stereocenters. The minimum atomic E-state index is -0.286. The summed E-state index contributed by atoms with van der Waals surface area (Å²) < 4.78 is 0. The summed E-state index contributed by atoms with van der Waals surface area (Å²) in [4.78, 5) is 12.2. The fraction of sp³-hybridized carbons (Fsp3) is 0.273. The van der Waals surface area contributed by atoms with Crippen molar-refractivity contribution >= 4 is 23.7 Å². The Morgan fingerprint density at radius 1 is 1.12 bits per heavy atom. The summed E-state index contributed by atoms with van der Waals surface area (Å²) in [5.74, 6) is 0.418. The van der Waals surface area contributed by atoms with Crippen LogP contribution in [0, 0.1) is 5.92 Å². The maximum absolute atomic E-state index is 12.2. The molecule has 26 heavy (non-hydrogen) atoms. The predicted octanol–water partition coefficient (Wildman–Crippen LogP) is 5.59. The summed E-state index contributed by atoms with van der Waals surface area (Å²) >= 11 is 6.05. The first-order valence-corrected chi connectivity index (χ1v) is 9.23. The number of rotatable bonds is 4. The van der Waals surface area contributed by atoms with Crippen LogP contribution in [0.2, 0.25) is 5.02 Å². The van der Waals surface area contributed by atoms with Crippen LogP contribution in [0.25, 0.3) is 0 Å². The van der Waals surface area contributed by atoms with Gasteiger partial charge in [0.05, 0.1) is 10.6 Å². The molecule has 1 amide bonds. The predicted molar refractivity (Wildman–Crippen MR) is 108 cm³/mol. The van der Waals surface area contributed by atoms with Gasteiger partial charge < -0.3 is 0 Å². The molecule has 1 aliphatic rings. The Morgan fingerprint density at radius 2 is 1.81 bits per heavy atom. The van der Waals surface area contributed by atoms with E-state index in [-0.39, 0.29) is 5.91 Å². The summed E-state index contributed by atoms with van der Waals surface area (Å²) in [7, 11) is 0. The van der Waals surface area contributed by atoms with Crippen LogP contribution >= 0.6 is 11.6 Å². The highest BCUT2D eigenvalue weighted by Gasteiger charge is 2.25. The molecular weight excluding hydrogens is 344 g/mol. The number of nitrogens with one attached hydrogen (secondary N) is 1. The Kier molecular flexibility index (Phi) is 5.89. The fourth-order valence-electron chi connectivity index (χ4n) is 3.51. The number of nitrogens with zero attached hydrogens (tertiary/aromatic N) is 1. The summed E-state index contributed by atoms with van der Waals surface area (Å²) in [5.41, 5.74) is 7.21. The highest BCUT2D eigenvalue weighted by atomic mass is 35.5. The zero-order chi connectivity index (χ0) is 18.5. The smallest absolute Gasteiger partial charge is 0.267 e. The van der Waals surface area contributed by atoms with Crippen molar-refractivity contribution in [3.63, 3.8) is 0 Å². The molecule has 1 N–H and O–H groups in total. The molecule has 0 saturated heterocycles. The molecule has 0 aliphatic heterocycles. The minimum Gasteiger partial charge on any atom is -0.267 e. The van der Waals surface area contributed by atoms with E-state index in [2.05, 4.69) is 48.6 Å².